The minimum absolute atomic E-state index is 0.320. The lowest BCUT2D eigenvalue weighted by molar-refractivity contribution is 0.251. The van der Waals surface area contributed by atoms with E-state index in [9.17, 15) is 4.79 Å². The molecule has 0 atom stereocenters. The Balaban J connectivity index is 1.49. The summed E-state index contributed by atoms with van der Waals surface area (Å²) < 4.78 is 5.37. The topological polar surface area (TPSA) is 92.9 Å². The lowest BCUT2D eigenvalue weighted by atomic mass is 10.1. The van der Waals surface area contributed by atoms with Crippen LogP contribution in [0.15, 0.2) is 41.1 Å². The van der Waals surface area contributed by atoms with E-state index in [1.165, 1.54) is 0 Å². The van der Waals surface area contributed by atoms with Crippen LogP contribution in [0.5, 0.6) is 0 Å². The molecule has 0 spiro atoms. The zero-order chi connectivity index (χ0) is 18.8. The number of aryl methyl sites for hydroxylation is 1. The molecule has 8 heteroatoms. The smallest absolute Gasteiger partial charge is 0.319 e. The predicted octanol–water partition coefficient (Wildman–Crippen LogP) is 4.29. The molecule has 2 N–H and O–H groups in total. The van der Waals surface area contributed by atoms with E-state index < -0.39 is 0 Å². The number of pyridine rings is 1. The Kier molecular flexibility index (Phi) is 4.77. The van der Waals surface area contributed by atoms with Gasteiger partial charge in [0.15, 0.2) is 5.82 Å². The Morgan fingerprint density at radius 2 is 2.19 bits per heavy atom. The van der Waals surface area contributed by atoms with Crippen molar-refractivity contribution in [3.63, 3.8) is 0 Å². The number of hydrogen-bond donors (Lipinski definition) is 2. The van der Waals surface area contributed by atoms with Gasteiger partial charge in [0.1, 0.15) is 0 Å². The SMILES string of the molecule is Cc1cccnc1CNC(=O)Nc1cc(Cl)ccc1-c1nc(C2CC2)no1. The van der Waals surface area contributed by atoms with Crippen molar-refractivity contribution in [2.24, 2.45) is 0 Å². The molecule has 0 bridgehead atoms. The van der Waals surface area contributed by atoms with E-state index >= 15 is 0 Å². The molecule has 0 unspecified atom stereocenters. The maximum Gasteiger partial charge on any atom is 0.319 e. The van der Waals surface area contributed by atoms with E-state index in [1.807, 2.05) is 19.1 Å². The second-order valence-corrected chi connectivity index (χ2v) is 6.93. The van der Waals surface area contributed by atoms with Gasteiger partial charge in [-0.05, 0) is 49.6 Å². The number of amides is 2. The van der Waals surface area contributed by atoms with Gasteiger partial charge in [-0.3, -0.25) is 4.98 Å². The minimum atomic E-state index is -0.370. The fraction of sp³-hybridized carbons (Fsp3) is 0.263. The molecule has 0 saturated heterocycles. The normalized spacial score (nSPS) is 13.4. The van der Waals surface area contributed by atoms with Gasteiger partial charge < -0.3 is 15.2 Å². The average molecular weight is 384 g/mol. The highest BCUT2D eigenvalue weighted by molar-refractivity contribution is 6.31. The molecule has 1 aromatic carbocycles. The molecule has 0 aliphatic heterocycles. The number of carbonyl (C=O) groups excluding carboxylic acids is 1. The number of rotatable bonds is 5. The van der Waals surface area contributed by atoms with Crippen molar-refractivity contribution < 1.29 is 9.32 Å². The molecule has 1 fully saturated rings. The van der Waals surface area contributed by atoms with Crippen molar-refractivity contribution in [1.29, 1.82) is 0 Å². The first-order valence-electron chi connectivity index (χ1n) is 8.69. The van der Waals surface area contributed by atoms with Crippen LogP contribution >= 0.6 is 11.6 Å². The summed E-state index contributed by atoms with van der Waals surface area (Å²) in [5.41, 5.74) is 2.95. The Hall–Kier alpha value is -2.93. The lowest BCUT2D eigenvalue weighted by Gasteiger charge is -2.11. The maximum absolute atomic E-state index is 12.4. The van der Waals surface area contributed by atoms with Gasteiger partial charge in [0.25, 0.3) is 5.89 Å². The third-order valence-corrected chi connectivity index (χ3v) is 4.61. The molecule has 27 heavy (non-hydrogen) atoms. The molecule has 1 saturated carbocycles. The second kappa shape index (κ2) is 7.36. The first kappa shape index (κ1) is 17.5. The predicted molar refractivity (Wildman–Crippen MR) is 102 cm³/mol. The quantitative estimate of drug-likeness (QED) is 0.685. The van der Waals surface area contributed by atoms with Gasteiger partial charge in [-0.15, -0.1) is 0 Å². The number of anilines is 1. The van der Waals surface area contributed by atoms with Gasteiger partial charge in [0.05, 0.1) is 23.5 Å². The van der Waals surface area contributed by atoms with Crippen molar-refractivity contribution in [2.75, 3.05) is 5.32 Å². The van der Waals surface area contributed by atoms with E-state index in [-0.39, 0.29) is 6.03 Å². The number of nitrogens with one attached hydrogen (secondary N) is 2. The molecule has 3 aromatic rings. The number of nitrogens with zero attached hydrogens (tertiary/aromatic N) is 3. The Bertz CT molecular complexity index is 984. The highest BCUT2D eigenvalue weighted by Crippen LogP contribution is 2.39. The van der Waals surface area contributed by atoms with Crippen molar-refractivity contribution in [3.8, 4) is 11.5 Å². The Morgan fingerprint density at radius 3 is 2.96 bits per heavy atom. The van der Waals surface area contributed by atoms with Crippen molar-refractivity contribution >= 4 is 23.3 Å². The Labute approximate surface area is 161 Å². The molecule has 138 valence electrons. The zero-order valence-electron chi connectivity index (χ0n) is 14.7. The molecule has 2 aromatic heterocycles. The van der Waals surface area contributed by atoms with Crippen LogP contribution in [0.2, 0.25) is 5.02 Å². The van der Waals surface area contributed by atoms with Gasteiger partial charge in [-0.1, -0.05) is 22.8 Å². The highest BCUT2D eigenvalue weighted by atomic mass is 35.5. The van der Waals surface area contributed by atoms with Crippen molar-refractivity contribution in [1.82, 2.24) is 20.4 Å². The third kappa shape index (κ3) is 4.09. The molecule has 7 nitrogen and oxygen atoms in total. The van der Waals surface area contributed by atoms with E-state index in [4.69, 9.17) is 16.1 Å². The van der Waals surface area contributed by atoms with Crippen molar-refractivity contribution in [3.05, 3.63) is 58.6 Å². The molecule has 2 heterocycles. The third-order valence-electron chi connectivity index (χ3n) is 4.38. The fourth-order valence-electron chi connectivity index (χ4n) is 2.69. The van der Waals surface area contributed by atoms with Gasteiger partial charge in [-0.25, -0.2) is 4.79 Å². The number of benzene rings is 1. The largest absolute Gasteiger partial charge is 0.334 e. The number of hydrogen-bond acceptors (Lipinski definition) is 5. The highest BCUT2D eigenvalue weighted by Gasteiger charge is 2.29. The summed E-state index contributed by atoms with van der Waals surface area (Å²) in [4.78, 5) is 21.1. The van der Waals surface area contributed by atoms with Crippen LogP contribution in [0, 0.1) is 6.92 Å². The summed E-state index contributed by atoms with van der Waals surface area (Å²) in [6, 6.07) is 8.57. The lowest BCUT2D eigenvalue weighted by Crippen LogP contribution is -2.29. The first-order valence-corrected chi connectivity index (χ1v) is 9.07. The number of halogens is 1. The van der Waals surface area contributed by atoms with Gasteiger partial charge in [-0.2, -0.15) is 4.98 Å². The summed E-state index contributed by atoms with van der Waals surface area (Å²) in [7, 11) is 0. The summed E-state index contributed by atoms with van der Waals surface area (Å²) in [6.07, 6.45) is 3.87. The fourth-order valence-corrected chi connectivity index (χ4v) is 2.86. The number of carbonyl (C=O) groups is 1. The molecule has 1 aliphatic rings. The van der Waals surface area contributed by atoms with E-state index in [2.05, 4.69) is 25.8 Å². The standard InChI is InChI=1S/C19H18ClN5O2/c1-11-3-2-8-21-16(11)10-22-19(26)23-15-9-13(20)6-7-14(15)18-24-17(25-27-18)12-4-5-12/h2-3,6-9,12H,4-5,10H2,1H3,(H2,22,23,26). The number of aromatic nitrogens is 3. The monoisotopic (exact) mass is 383 g/mol. The molecular weight excluding hydrogens is 366 g/mol. The van der Waals surface area contributed by atoms with Crippen molar-refractivity contribution in [2.45, 2.75) is 32.2 Å². The zero-order valence-corrected chi connectivity index (χ0v) is 15.5. The molecular formula is C19H18ClN5O2. The van der Waals surface area contributed by atoms with Crippen LogP contribution in [-0.4, -0.2) is 21.2 Å². The Morgan fingerprint density at radius 1 is 1.33 bits per heavy atom. The number of urea groups is 1. The summed E-state index contributed by atoms with van der Waals surface area (Å²) in [6.45, 7) is 2.27. The second-order valence-electron chi connectivity index (χ2n) is 6.50. The summed E-state index contributed by atoms with van der Waals surface area (Å²) >= 11 is 6.10. The maximum atomic E-state index is 12.4. The molecule has 0 radical (unpaired) electrons. The van der Waals surface area contributed by atoms with Gasteiger partial charge >= 0.3 is 6.03 Å². The summed E-state index contributed by atoms with van der Waals surface area (Å²) in [5, 5.41) is 10.1. The molecule has 4 rings (SSSR count). The van der Waals surface area contributed by atoms with E-state index in [1.54, 1.807) is 24.4 Å². The van der Waals surface area contributed by atoms with Crippen LogP contribution in [0.25, 0.3) is 11.5 Å². The molecule has 1 aliphatic carbocycles. The van der Waals surface area contributed by atoms with Crippen LogP contribution in [0.4, 0.5) is 10.5 Å². The van der Waals surface area contributed by atoms with Gasteiger partial charge in [0.2, 0.25) is 0 Å². The van der Waals surface area contributed by atoms with E-state index in [0.29, 0.717) is 40.5 Å². The van der Waals surface area contributed by atoms with Crippen LogP contribution in [0.3, 0.4) is 0 Å². The average Bonchev–Trinajstić information content (AvgIpc) is 3.39. The minimum Gasteiger partial charge on any atom is -0.334 e. The van der Waals surface area contributed by atoms with Crippen LogP contribution < -0.4 is 10.6 Å². The first-order chi connectivity index (χ1) is 13.1. The summed E-state index contributed by atoms with van der Waals surface area (Å²) in [5.74, 6) is 1.46. The van der Waals surface area contributed by atoms with Gasteiger partial charge in [0, 0.05) is 17.1 Å². The van der Waals surface area contributed by atoms with E-state index in [0.717, 1.165) is 24.1 Å². The molecule has 2 amide bonds. The van der Waals surface area contributed by atoms with Crippen LogP contribution in [0.1, 0.15) is 35.8 Å². The van der Waals surface area contributed by atoms with Crippen LogP contribution in [-0.2, 0) is 6.54 Å².